The summed E-state index contributed by atoms with van der Waals surface area (Å²) in [5, 5.41) is 33.8. The topological polar surface area (TPSA) is 60.7 Å². The van der Waals surface area contributed by atoms with Crippen molar-refractivity contribution in [3.05, 3.63) is 11.6 Å². The molecule has 4 fully saturated rings. The van der Waals surface area contributed by atoms with E-state index in [0.29, 0.717) is 29.1 Å². The van der Waals surface area contributed by atoms with Gasteiger partial charge in [-0.1, -0.05) is 67.0 Å². The molecular weight excluding hydrogens is 408 g/mol. The monoisotopic (exact) mass is 458 g/mol. The molecule has 0 radical (unpaired) electrons. The van der Waals surface area contributed by atoms with Gasteiger partial charge in [0.05, 0.1) is 18.3 Å². The molecule has 5 aliphatic rings. The Bertz CT molecular complexity index is 859. The Kier molecular flexibility index (Phi) is 5.07. The highest BCUT2D eigenvalue weighted by atomic mass is 16.3. The molecule has 0 aromatic carbocycles. The van der Waals surface area contributed by atoms with Crippen LogP contribution in [0.3, 0.4) is 0 Å². The Morgan fingerprint density at radius 3 is 2.09 bits per heavy atom. The van der Waals surface area contributed by atoms with Crippen molar-refractivity contribution < 1.29 is 15.3 Å². The Morgan fingerprint density at radius 2 is 1.42 bits per heavy atom. The predicted octanol–water partition coefficient (Wildman–Crippen LogP) is 6.11. The second kappa shape index (κ2) is 6.88. The summed E-state index contributed by atoms with van der Waals surface area (Å²) in [4.78, 5) is 0. The largest absolute Gasteiger partial charge is 0.390 e. The quantitative estimate of drug-likeness (QED) is 0.384. The fraction of sp³-hybridized carbons (Fsp3) is 0.933. The van der Waals surface area contributed by atoms with Crippen molar-refractivity contribution in [3.63, 3.8) is 0 Å². The molecule has 3 N–H and O–H groups in total. The third-order valence-corrected chi connectivity index (χ3v) is 13.0. The molecule has 0 aromatic rings. The minimum Gasteiger partial charge on any atom is -0.390 e. The van der Waals surface area contributed by atoms with E-state index in [1.165, 1.54) is 32.1 Å². The molecule has 0 saturated heterocycles. The van der Waals surface area contributed by atoms with Crippen LogP contribution < -0.4 is 0 Å². The average Bonchev–Trinajstić information content (AvgIpc) is 2.69. The lowest BCUT2D eigenvalue weighted by Crippen LogP contribution is -2.69. The molecule has 188 valence electrons. The average molecular weight is 459 g/mol. The molecule has 5 rings (SSSR count). The highest BCUT2D eigenvalue weighted by Crippen LogP contribution is 2.75. The van der Waals surface area contributed by atoms with Gasteiger partial charge in [0.2, 0.25) is 0 Å². The molecule has 0 amide bonds. The molecule has 4 saturated carbocycles. The van der Waals surface area contributed by atoms with Crippen LogP contribution in [0.15, 0.2) is 11.6 Å². The molecule has 10 atom stereocenters. The molecule has 3 heteroatoms. The number of hydrogen-bond acceptors (Lipinski definition) is 3. The molecule has 0 bridgehead atoms. The zero-order valence-electron chi connectivity index (χ0n) is 22.5. The van der Waals surface area contributed by atoms with Gasteiger partial charge in [-0.2, -0.15) is 0 Å². The van der Waals surface area contributed by atoms with E-state index < -0.39 is 18.3 Å². The van der Waals surface area contributed by atoms with Crippen LogP contribution in [0.2, 0.25) is 0 Å². The van der Waals surface area contributed by atoms with E-state index in [2.05, 4.69) is 61.5 Å². The molecule has 0 heterocycles. The second-order valence-electron chi connectivity index (χ2n) is 15.5. The van der Waals surface area contributed by atoms with Gasteiger partial charge >= 0.3 is 0 Å². The smallest absolute Gasteiger partial charge is 0.0852 e. The first-order valence-corrected chi connectivity index (χ1v) is 13.8. The molecule has 0 aromatic heterocycles. The molecule has 3 nitrogen and oxygen atoms in total. The summed E-state index contributed by atoms with van der Waals surface area (Å²) in [5.74, 6) is 0.977. The zero-order chi connectivity index (χ0) is 24.4. The number of allylic oxidation sites excluding steroid dienone is 1. The molecule has 33 heavy (non-hydrogen) atoms. The summed E-state index contributed by atoms with van der Waals surface area (Å²) in [7, 11) is 0. The summed E-state index contributed by atoms with van der Waals surface area (Å²) in [6.45, 7) is 19.0. The number of rotatable bonds is 0. The Labute approximate surface area is 202 Å². The van der Waals surface area contributed by atoms with Crippen LogP contribution in [-0.2, 0) is 0 Å². The first-order chi connectivity index (χ1) is 15.0. The van der Waals surface area contributed by atoms with Crippen LogP contribution in [0.4, 0.5) is 0 Å². The van der Waals surface area contributed by atoms with Crippen LogP contribution in [0.25, 0.3) is 0 Å². The molecule has 0 spiro atoms. The van der Waals surface area contributed by atoms with Crippen molar-refractivity contribution in [2.75, 3.05) is 0 Å². The van der Waals surface area contributed by atoms with Crippen molar-refractivity contribution in [1.82, 2.24) is 0 Å². The maximum atomic E-state index is 11.9. The maximum Gasteiger partial charge on any atom is 0.0852 e. The normalized spacial score (nSPS) is 57.1. The Balaban J connectivity index is 1.63. The van der Waals surface area contributed by atoms with E-state index in [4.69, 9.17) is 0 Å². The fourth-order valence-corrected chi connectivity index (χ4v) is 10.8. The number of aliphatic hydroxyl groups is 3. The van der Waals surface area contributed by atoms with Crippen molar-refractivity contribution in [3.8, 4) is 0 Å². The fourth-order valence-electron chi connectivity index (χ4n) is 10.8. The van der Waals surface area contributed by atoms with E-state index in [9.17, 15) is 15.3 Å². The van der Waals surface area contributed by atoms with E-state index in [-0.39, 0.29) is 27.6 Å². The number of fused-ring (bicyclic) bond motifs is 7. The van der Waals surface area contributed by atoms with Crippen molar-refractivity contribution in [1.29, 1.82) is 0 Å². The van der Waals surface area contributed by atoms with E-state index in [1.54, 1.807) is 5.57 Å². The lowest BCUT2D eigenvalue weighted by atomic mass is 9.33. The predicted molar refractivity (Wildman–Crippen MR) is 133 cm³/mol. The minimum absolute atomic E-state index is 0.00274. The SMILES string of the molecule is CC1(C)CC[C@]2(C)CC[C@]3(C)C(=C[C@@H](O)[C@@H]4[C@@]5(C)C[C@@H](O)[C@H](O)C(C)(C)[C@@H]5CC[C@]43C)[C@@H]2C1. The Hall–Kier alpha value is -0.380. The van der Waals surface area contributed by atoms with Gasteiger partial charge in [-0.05, 0) is 95.7 Å². The van der Waals surface area contributed by atoms with Crippen LogP contribution in [-0.4, -0.2) is 33.6 Å². The van der Waals surface area contributed by atoms with Gasteiger partial charge in [-0.15, -0.1) is 0 Å². The zero-order valence-corrected chi connectivity index (χ0v) is 22.5. The lowest BCUT2D eigenvalue weighted by molar-refractivity contribution is -0.247. The summed E-state index contributed by atoms with van der Waals surface area (Å²) in [6.07, 6.45) is 9.52. The van der Waals surface area contributed by atoms with Crippen LogP contribution in [0.5, 0.6) is 0 Å². The standard InChI is InChI=1S/C30H50O3/c1-25(2)11-12-27(5)13-14-29(7)18(19(27)16-25)15-20(31)23-28(6)17-21(32)24(33)26(3,4)22(28)9-10-30(23,29)8/h15,19-24,31-33H,9-14,16-17H2,1-8H3/t19-,20+,21+,22-,23+,24-,27+,28-,29+,30+/m0/s1. The van der Waals surface area contributed by atoms with Gasteiger partial charge in [0, 0.05) is 5.92 Å². The highest BCUT2D eigenvalue weighted by Gasteiger charge is 2.70. The third kappa shape index (κ3) is 2.97. The van der Waals surface area contributed by atoms with Crippen LogP contribution in [0.1, 0.15) is 107 Å². The first kappa shape index (κ1) is 24.3. The van der Waals surface area contributed by atoms with Gasteiger partial charge in [0.15, 0.2) is 0 Å². The molecule has 0 unspecified atom stereocenters. The molecule has 0 aliphatic heterocycles. The third-order valence-electron chi connectivity index (χ3n) is 13.0. The first-order valence-electron chi connectivity index (χ1n) is 13.8. The van der Waals surface area contributed by atoms with Crippen molar-refractivity contribution in [2.24, 2.45) is 50.2 Å². The number of hydrogen-bond donors (Lipinski definition) is 3. The summed E-state index contributed by atoms with van der Waals surface area (Å²) in [5.41, 5.74) is 1.84. The Morgan fingerprint density at radius 1 is 0.788 bits per heavy atom. The van der Waals surface area contributed by atoms with Gasteiger partial charge in [0.1, 0.15) is 0 Å². The summed E-state index contributed by atoms with van der Waals surface area (Å²) < 4.78 is 0. The summed E-state index contributed by atoms with van der Waals surface area (Å²) >= 11 is 0. The van der Waals surface area contributed by atoms with E-state index in [1.807, 2.05) is 0 Å². The van der Waals surface area contributed by atoms with Gasteiger partial charge in [0.25, 0.3) is 0 Å². The highest BCUT2D eigenvalue weighted by molar-refractivity contribution is 5.35. The van der Waals surface area contributed by atoms with Gasteiger partial charge in [-0.3, -0.25) is 0 Å². The van der Waals surface area contributed by atoms with Crippen molar-refractivity contribution >= 4 is 0 Å². The van der Waals surface area contributed by atoms with Gasteiger partial charge < -0.3 is 15.3 Å². The minimum atomic E-state index is -0.720. The van der Waals surface area contributed by atoms with E-state index >= 15 is 0 Å². The van der Waals surface area contributed by atoms with Crippen LogP contribution in [0, 0.1) is 50.2 Å². The maximum absolute atomic E-state index is 11.9. The van der Waals surface area contributed by atoms with Crippen molar-refractivity contribution in [2.45, 2.75) is 125 Å². The second-order valence-corrected chi connectivity index (χ2v) is 15.5. The van der Waals surface area contributed by atoms with Gasteiger partial charge in [-0.25, -0.2) is 0 Å². The van der Waals surface area contributed by atoms with E-state index in [0.717, 1.165) is 12.8 Å². The lowest BCUT2D eigenvalue weighted by Gasteiger charge is -2.72. The molecule has 5 aliphatic carbocycles. The summed E-state index contributed by atoms with van der Waals surface area (Å²) in [6, 6.07) is 0. The molecular formula is C30H50O3. The number of aliphatic hydroxyl groups excluding tert-OH is 3. The van der Waals surface area contributed by atoms with Crippen LogP contribution >= 0.6 is 0 Å².